The second-order valence-electron chi connectivity index (χ2n) is 4.82. The maximum atomic E-state index is 11.7. The van der Waals surface area contributed by atoms with E-state index in [0.29, 0.717) is 11.4 Å². The van der Waals surface area contributed by atoms with Crippen LogP contribution >= 0.6 is 0 Å². The predicted octanol–water partition coefficient (Wildman–Crippen LogP) is 1.28. The predicted molar refractivity (Wildman–Crippen MR) is 73.0 cm³/mol. The monoisotopic (exact) mass is 264 g/mol. The molecular formula is C14H20N2O3. The van der Waals surface area contributed by atoms with Crippen molar-refractivity contribution in [2.45, 2.75) is 18.9 Å². The molecule has 1 saturated heterocycles. The standard InChI is InChI=1S/C14H20N2O3/c1-16-8-6-11(7-9-16)19-14(17)10-18-13-5-3-2-4-12(13)15/h2-5,11H,6-10,15H2,1H3. The number of esters is 1. The molecule has 0 aliphatic carbocycles. The first kappa shape index (κ1) is 13.7. The van der Waals surface area contributed by atoms with E-state index in [9.17, 15) is 4.79 Å². The van der Waals surface area contributed by atoms with E-state index in [4.69, 9.17) is 15.2 Å². The van der Waals surface area contributed by atoms with E-state index in [1.54, 1.807) is 12.1 Å². The first-order valence-corrected chi connectivity index (χ1v) is 6.50. The summed E-state index contributed by atoms with van der Waals surface area (Å²) in [4.78, 5) is 13.9. The van der Waals surface area contributed by atoms with E-state index in [2.05, 4.69) is 11.9 Å². The van der Waals surface area contributed by atoms with Crippen LogP contribution in [0.15, 0.2) is 24.3 Å². The van der Waals surface area contributed by atoms with Crippen LogP contribution in [0.1, 0.15) is 12.8 Å². The Morgan fingerprint density at radius 3 is 2.74 bits per heavy atom. The quantitative estimate of drug-likeness (QED) is 0.655. The van der Waals surface area contributed by atoms with E-state index in [0.717, 1.165) is 25.9 Å². The number of carbonyl (C=O) groups is 1. The molecular weight excluding hydrogens is 244 g/mol. The number of hydrogen-bond acceptors (Lipinski definition) is 5. The Morgan fingerprint density at radius 2 is 2.05 bits per heavy atom. The van der Waals surface area contributed by atoms with Crippen LogP contribution in [0.3, 0.4) is 0 Å². The van der Waals surface area contributed by atoms with Crippen molar-refractivity contribution >= 4 is 11.7 Å². The average molecular weight is 264 g/mol. The number of nitrogens with zero attached hydrogens (tertiary/aromatic N) is 1. The number of rotatable bonds is 4. The van der Waals surface area contributed by atoms with Crippen LogP contribution < -0.4 is 10.5 Å². The summed E-state index contributed by atoms with van der Waals surface area (Å²) in [5.41, 5.74) is 6.25. The Labute approximate surface area is 113 Å². The van der Waals surface area contributed by atoms with Gasteiger partial charge in [0.15, 0.2) is 6.61 Å². The molecule has 1 aliphatic rings. The average Bonchev–Trinajstić information content (AvgIpc) is 2.40. The molecule has 0 amide bonds. The smallest absolute Gasteiger partial charge is 0.344 e. The van der Waals surface area contributed by atoms with Crippen LogP contribution in [0.4, 0.5) is 5.69 Å². The molecule has 1 fully saturated rings. The number of nitrogen functional groups attached to an aromatic ring is 1. The molecule has 19 heavy (non-hydrogen) atoms. The van der Waals surface area contributed by atoms with Gasteiger partial charge in [-0.15, -0.1) is 0 Å². The molecule has 0 bridgehead atoms. The normalized spacial score (nSPS) is 17.1. The lowest BCUT2D eigenvalue weighted by Gasteiger charge is -2.28. The van der Waals surface area contributed by atoms with Gasteiger partial charge in [0.05, 0.1) is 5.69 Å². The van der Waals surface area contributed by atoms with Crippen molar-refractivity contribution in [2.24, 2.45) is 0 Å². The van der Waals surface area contributed by atoms with Gasteiger partial charge < -0.3 is 20.1 Å². The van der Waals surface area contributed by atoms with Crippen molar-refractivity contribution in [3.05, 3.63) is 24.3 Å². The van der Waals surface area contributed by atoms with Crippen LogP contribution in [-0.2, 0) is 9.53 Å². The third kappa shape index (κ3) is 4.13. The number of carbonyl (C=O) groups excluding carboxylic acids is 1. The maximum Gasteiger partial charge on any atom is 0.344 e. The van der Waals surface area contributed by atoms with E-state index in [1.807, 2.05) is 12.1 Å². The Hall–Kier alpha value is -1.75. The van der Waals surface area contributed by atoms with Crippen LogP contribution in [0.2, 0.25) is 0 Å². The number of benzene rings is 1. The zero-order valence-electron chi connectivity index (χ0n) is 11.2. The van der Waals surface area contributed by atoms with Gasteiger partial charge in [-0.25, -0.2) is 4.79 Å². The molecule has 0 aromatic heterocycles. The van der Waals surface area contributed by atoms with E-state index >= 15 is 0 Å². The first-order chi connectivity index (χ1) is 9.15. The Balaban J connectivity index is 1.74. The fraction of sp³-hybridized carbons (Fsp3) is 0.500. The van der Waals surface area contributed by atoms with Crippen molar-refractivity contribution in [1.29, 1.82) is 0 Å². The largest absolute Gasteiger partial charge is 0.480 e. The number of para-hydroxylation sites is 2. The van der Waals surface area contributed by atoms with Crippen LogP contribution in [0.5, 0.6) is 5.75 Å². The lowest BCUT2D eigenvalue weighted by Crippen LogP contribution is -2.36. The second-order valence-corrected chi connectivity index (χ2v) is 4.82. The molecule has 5 nitrogen and oxygen atoms in total. The molecule has 5 heteroatoms. The molecule has 1 aromatic rings. The van der Waals surface area contributed by atoms with Gasteiger partial charge in [-0.05, 0) is 32.0 Å². The number of piperidine rings is 1. The number of likely N-dealkylation sites (tertiary alicyclic amines) is 1. The van der Waals surface area contributed by atoms with E-state index < -0.39 is 0 Å². The van der Waals surface area contributed by atoms with Gasteiger partial charge in [0, 0.05) is 13.1 Å². The van der Waals surface area contributed by atoms with Crippen molar-refractivity contribution in [2.75, 3.05) is 32.5 Å². The van der Waals surface area contributed by atoms with Gasteiger partial charge in [0.1, 0.15) is 11.9 Å². The van der Waals surface area contributed by atoms with Crippen LogP contribution in [0, 0.1) is 0 Å². The zero-order valence-corrected chi connectivity index (χ0v) is 11.2. The Morgan fingerprint density at radius 1 is 1.37 bits per heavy atom. The zero-order chi connectivity index (χ0) is 13.7. The SMILES string of the molecule is CN1CCC(OC(=O)COc2ccccc2N)CC1. The molecule has 1 aliphatic heterocycles. The van der Waals surface area contributed by atoms with Crippen molar-refractivity contribution < 1.29 is 14.3 Å². The van der Waals surface area contributed by atoms with Gasteiger partial charge >= 0.3 is 5.97 Å². The highest BCUT2D eigenvalue weighted by molar-refractivity contribution is 5.71. The minimum atomic E-state index is -0.335. The molecule has 1 heterocycles. The van der Waals surface area contributed by atoms with E-state index in [-0.39, 0.29) is 18.7 Å². The summed E-state index contributed by atoms with van der Waals surface area (Å²) in [6.07, 6.45) is 1.78. The molecule has 0 radical (unpaired) electrons. The third-order valence-electron chi connectivity index (χ3n) is 3.23. The summed E-state index contributed by atoms with van der Waals surface area (Å²) in [7, 11) is 2.07. The molecule has 1 aromatic carbocycles. The van der Waals surface area contributed by atoms with Crippen molar-refractivity contribution in [1.82, 2.24) is 4.90 Å². The Bertz CT molecular complexity index is 428. The molecule has 0 saturated carbocycles. The van der Waals surface area contributed by atoms with E-state index in [1.165, 1.54) is 0 Å². The fourth-order valence-corrected chi connectivity index (χ4v) is 2.07. The molecule has 0 atom stereocenters. The number of hydrogen-bond donors (Lipinski definition) is 1. The maximum absolute atomic E-state index is 11.7. The summed E-state index contributed by atoms with van der Waals surface area (Å²) in [6.45, 7) is 1.83. The minimum absolute atomic E-state index is 0.0143. The summed E-state index contributed by atoms with van der Waals surface area (Å²) >= 11 is 0. The van der Waals surface area contributed by atoms with Crippen molar-refractivity contribution in [3.8, 4) is 5.75 Å². The molecule has 0 unspecified atom stereocenters. The number of nitrogens with two attached hydrogens (primary N) is 1. The van der Waals surface area contributed by atoms with Crippen molar-refractivity contribution in [3.63, 3.8) is 0 Å². The van der Waals surface area contributed by atoms with Gasteiger partial charge in [-0.3, -0.25) is 0 Å². The highest BCUT2D eigenvalue weighted by Gasteiger charge is 2.20. The highest BCUT2D eigenvalue weighted by atomic mass is 16.6. The van der Waals surface area contributed by atoms with Gasteiger partial charge in [-0.1, -0.05) is 12.1 Å². The summed E-state index contributed by atoms with van der Waals surface area (Å²) in [5, 5.41) is 0. The molecule has 0 spiro atoms. The lowest BCUT2D eigenvalue weighted by atomic mass is 10.1. The lowest BCUT2D eigenvalue weighted by molar-refractivity contribution is -0.153. The summed E-state index contributed by atoms with van der Waals surface area (Å²) in [6, 6.07) is 7.10. The topological polar surface area (TPSA) is 64.8 Å². The van der Waals surface area contributed by atoms with Crippen LogP contribution in [0.25, 0.3) is 0 Å². The van der Waals surface area contributed by atoms with Gasteiger partial charge in [-0.2, -0.15) is 0 Å². The number of anilines is 1. The van der Waals surface area contributed by atoms with Crippen LogP contribution in [-0.4, -0.2) is 43.7 Å². The minimum Gasteiger partial charge on any atom is -0.480 e. The highest BCUT2D eigenvalue weighted by Crippen LogP contribution is 2.19. The molecule has 104 valence electrons. The number of ether oxygens (including phenoxy) is 2. The fourth-order valence-electron chi connectivity index (χ4n) is 2.07. The summed E-state index contributed by atoms with van der Waals surface area (Å²) in [5.74, 6) is 0.181. The Kier molecular flexibility index (Phi) is 4.63. The third-order valence-corrected chi connectivity index (χ3v) is 3.23. The summed E-state index contributed by atoms with van der Waals surface area (Å²) < 4.78 is 10.7. The molecule has 2 N–H and O–H groups in total. The first-order valence-electron chi connectivity index (χ1n) is 6.50. The second kappa shape index (κ2) is 6.43. The van der Waals surface area contributed by atoms with Gasteiger partial charge in [0.25, 0.3) is 0 Å². The molecule has 2 rings (SSSR count). The van der Waals surface area contributed by atoms with Gasteiger partial charge in [0.2, 0.25) is 0 Å².